The van der Waals surface area contributed by atoms with Crippen LogP contribution >= 0.6 is 0 Å². The highest BCUT2D eigenvalue weighted by Gasteiger charge is 2.08. The highest BCUT2D eigenvalue weighted by atomic mass is 16.3. The van der Waals surface area contributed by atoms with Crippen LogP contribution in [0.15, 0.2) is 88.4 Å². The lowest BCUT2D eigenvalue weighted by atomic mass is 10.1. The van der Waals surface area contributed by atoms with E-state index in [1.807, 2.05) is 66.7 Å². The molecule has 1 N–H and O–H groups in total. The van der Waals surface area contributed by atoms with Crippen molar-refractivity contribution in [2.75, 3.05) is 5.43 Å². The normalized spacial score (nSPS) is 11.6. The summed E-state index contributed by atoms with van der Waals surface area (Å²) >= 11 is 0. The molecule has 0 atom stereocenters. The van der Waals surface area contributed by atoms with Crippen molar-refractivity contribution < 1.29 is 4.42 Å². The number of benzene rings is 3. The van der Waals surface area contributed by atoms with Crippen LogP contribution in [-0.2, 0) is 0 Å². The van der Waals surface area contributed by atoms with Gasteiger partial charge in [0.05, 0.1) is 5.69 Å². The topological polar surface area (TPSA) is 50.4 Å². The minimum absolute atomic E-state index is 0.450. The van der Waals surface area contributed by atoms with Crippen molar-refractivity contribution in [2.45, 2.75) is 6.92 Å². The van der Waals surface area contributed by atoms with Gasteiger partial charge in [0, 0.05) is 5.56 Å². The first kappa shape index (κ1) is 15.1. The Morgan fingerprint density at radius 1 is 0.840 bits per heavy atom. The Labute approximate surface area is 145 Å². The van der Waals surface area contributed by atoms with Crippen molar-refractivity contribution in [2.24, 2.45) is 5.10 Å². The Hall–Kier alpha value is -3.40. The van der Waals surface area contributed by atoms with Crippen molar-refractivity contribution in [3.63, 3.8) is 0 Å². The summed E-state index contributed by atoms with van der Waals surface area (Å²) < 4.78 is 6.01. The molecule has 0 unspecified atom stereocenters. The smallest absolute Gasteiger partial charge is 0.263 e. The summed E-state index contributed by atoms with van der Waals surface area (Å²) in [7, 11) is 0. The van der Waals surface area contributed by atoms with Crippen LogP contribution in [0, 0.1) is 6.92 Å². The van der Waals surface area contributed by atoms with Crippen LogP contribution in [-0.4, -0.2) is 4.98 Å². The molecule has 0 aliphatic heterocycles. The molecule has 0 saturated heterocycles. The van der Waals surface area contributed by atoms with Gasteiger partial charge in [-0.3, -0.25) is 5.43 Å². The Morgan fingerprint density at radius 2 is 1.56 bits per heavy atom. The molecule has 1 aromatic heterocycles. The van der Waals surface area contributed by atoms with Crippen LogP contribution in [0.25, 0.3) is 22.4 Å². The third-order valence-corrected chi connectivity index (χ3v) is 3.89. The molecule has 0 amide bonds. The zero-order chi connectivity index (χ0) is 17.1. The summed E-state index contributed by atoms with van der Waals surface area (Å²) in [6, 6.07) is 25.6. The quantitative estimate of drug-likeness (QED) is 0.553. The van der Waals surface area contributed by atoms with Gasteiger partial charge in [0.1, 0.15) is 11.2 Å². The minimum atomic E-state index is 0.450. The number of rotatable bonds is 3. The first-order valence-corrected chi connectivity index (χ1v) is 8.11. The second-order valence-corrected chi connectivity index (χ2v) is 5.79. The first-order valence-electron chi connectivity index (χ1n) is 8.11. The van der Waals surface area contributed by atoms with Gasteiger partial charge < -0.3 is 4.42 Å². The average Bonchev–Trinajstić information content (AvgIpc) is 2.67. The van der Waals surface area contributed by atoms with E-state index in [0.29, 0.717) is 16.8 Å². The fourth-order valence-electron chi connectivity index (χ4n) is 2.56. The van der Waals surface area contributed by atoms with E-state index in [1.54, 1.807) is 0 Å². The molecule has 0 bridgehead atoms. The molecule has 1 heterocycles. The highest BCUT2D eigenvalue weighted by molar-refractivity contribution is 5.74. The number of para-hydroxylation sites is 3. The van der Waals surface area contributed by atoms with Gasteiger partial charge in [-0.1, -0.05) is 60.2 Å². The second-order valence-electron chi connectivity index (χ2n) is 5.79. The predicted molar refractivity (Wildman–Crippen MR) is 99.8 cm³/mol. The SMILES string of the molecule is Cc1ccc(-c2nc3ccccc3o/c2=N/Nc2ccccc2)cc1. The Kier molecular flexibility index (Phi) is 4.01. The van der Waals surface area contributed by atoms with Gasteiger partial charge >= 0.3 is 0 Å². The van der Waals surface area contributed by atoms with Crippen molar-refractivity contribution in [1.29, 1.82) is 0 Å². The molecular weight excluding hydrogens is 310 g/mol. The molecule has 0 fully saturated rings. The van der Waals surface area contributed by atoms with Gasteiger partial charge in [-0.15, -0.1) is 5.10 Å². The lowest BCUT2D eigenvalue weighted by Gasteiger charge is -2.05. The molecular formula is C21H17N3O. The maximum absolute atomic E-state index is 6.01. The summed E-state index contributed by atoms with van der Waals surface area (Å²) in [5, 5.41) is 4.45. The molecule has 0 aliphatic carbocycles. The van der Waals surface area contributed by atoms with Crippen molar-refractivity contribution >= 4 is 16.8 Å². The van der Waals surface area contributed by atoms with E-state index < -0.39 is 0 Å². The number of aromatic nitrogens is 1. The van der Waals surface area contributed by atoms with Crippen molar-refractivity contribution in [1.82, 2.24) is 4.98 Å². The average molecular weight is 327 g/mol. The molecule has 122 valence electrons. The van der Waals surface area contributed by atoms with E-state index in [4.69, 9.17) is 9.40 Å². The number of nitrogens with zero attached hydrogens (tertiary/aromatic N) is 2. The molecule has 25 heavy (non-hydrogen) atoms. The van der Waals surface area contributed by atoms with E-state index in [0.717, 1.165) is 16.8 Å². The largest absolute Gasteiger partial charge is 0.434 e. The number of anilines is 1. The molecule has 4 aromatic rings. The van der Waals surface area contributed by atoms with Gasteiger partial charge in [-0.25, -0.2) is 4.98 Å². The lowest BCUT2D eigenvalue weighted by molar-refractivity contribution is 0.538. The van der Waals surface area contributed by atoms with E-state index in [2.05, 4.69) is 29.6 Å². The van der Waals surface area contributed by atoms with E-state index in [1.165, 1.54) is 5.56 Å². The summed E-state index contributed by atoms with van der Waals surface area (Å²) in [6.07, 6.45) is 0. The molecule has 4 rings (SSSR count). The Morgan fingerprint density at radius 3 is 2.36 bits per heavy atom. The standard InChI is InChI=1S/C21H17N3O/c1-15-11-13-16(14-12-15)20-21(24-23-17-7-3-2-4-8-17)25-19-10-6-5-9-18(19)22-20/h2-14,23H,1H3/b24-21+. The maximum atomic E-state index is 6.01. The van der Waals surface area contributed by atoms with Gasteiger partial charge in [0.15, 0.2) is 5.58 Å². The molecule has 0 aliphatic rings. The molecule has 0 radical (unpaired) electrons. The van der Waals surface area contributed by atoms with E-state index in [-0.39, 0.29) is 0 Å². The van der Waals surface area contributed by atoms with Crippen LogP contribution in [0.5, 0.6) is 0 Å². The monoisotopic (exact) mass is 327 g/mol. The molecule has 0 saturated carbocycles. The third-order valence-electron chi connectivity index (χ3n) is 3.89. The summed E-state index contributed by atoms with van der Waals surface area (Å²) in [4.78, 5) is 4.76. The molecule has 4 heteroatoms. The summed E-state index contributed by atoms with van der Waals surface area (Å²) in [5.74, 6) is 0. The minimum Gasteiger partial charge on any atom is -0.434 e. The van der Waals surface area contributed by atoms with Crippen molar-refractivity contribution in [3.8, 4) is 11.3 Å². The number of hydrogen-bond acceptors (Lipinski definition) is 4. The van der Waals surface area contributed by atoms with Crippen LogP contribution in [0.2, 0.25) is 0 Å². The third kappa shape index (κ3) is 3.28. The number of hydrogen-bond donors (Lipinski definition) is 1. The fourth-order valence-corrected chi connectivity index (χ4v) is 2.56. The lowest BCUT2D eigenvalue weighted by Crippen LogP contribution is -2.11. The second kappa shape index (κ2) is 6.61. The zero-order valence-corrected chi connectivity index (χ0v) is 13.8. The Bertz CT molecular complexity index is 1070. The van der Waals surface area contributed by atoms with Crippen LogP contribution in [0.3, 0.4) is 0 Å². The van der Waals surface area contributed by atoms with Crippen LogP contribution in [0.1, 0.15) is 5.56 Å². The summed E-state index contributed by atoms with van der Waals surface area (Å²) in [5.41, 5.74) is 8.76. The Balaban J connectivity index is 1.88. The van der Waals surface area contributed by atoms with E-state index in [9.17, 15) is 0 Å². The zero-order valence-electron chi connectivity index (χ0n) is 13.8. The van der Waals surface area contributed by atoms with Crippen molar-refractivity contribution in [3.05, 3.63) is 90.0 Å². The van der Waals surface area contributed by atoms with Gasteiger partial charge in [-0.05, 0) is 31.2 Å². The van der Waals surface area contributed by atoms with Gasteiger partial charge in [0.25, 0.3) is 5.55 Å². The number of nitrogens with one attached hydrogen (secondary N) is 1. The van der Waals surface area contributed by atoms with Gasteiger partial charge in [0.2, 0.25) is 0 Å². The molecule has 4 nitrogen and oxygen atoms in total. The molecule has 3 aromatic carbocycles. The fraction of sp³-hybridized carbons (Fsp3) is 0.0476. The number of aryl methyl sites for hydroxylation is 1. The van der Waals surface area contributed by atoms with Crippen LogP contribution in [0.4, 0.5) is 5.69 Å². The maximum Gasteiger partial charge on any atom is 0.263 e. The van der Waals surface area contributed by atoms with Gasteiger partial charge in [-0.2, -0.15) is 0 Å². The molecule has 0 spiro atoms. The summed E-state index contributed by atoms with van der Waals surface area (Å²) in [6.45, 7) is 2.06. The number of fused-ring (bicyclic) bond motifs is 1. The predicted octanol–water partition coefficient (Wildman–Crippen LogP) is 4.73. The highest BCUT2D eigenvalue weighted by Crippen LogP contribution is 2.18. The van der Waals surface area contributed by atoms with E-state index >= 15 is 0 Å². The van der Waals surface area contributed by atoms with Crippen LogP contribution < -0.4 is 11.0 Å². The first-order chi connectivity index (χ1) is 12.3.